The van der Waals surface area contributed by atoms with Crippen LogP contribution in [0, 0.1) is 5.92 Å². The Labute approximate surface area is 160 Å². The first kappa shape index (κ1) is 19.1. The molecule has 6 nitrogen and oxygen atoms in total. The summed E-state index contributed by atoms with van der Waals surface area (Å²) < 4.78 is 1.70. The summed E-state index contributed by atoms with van der Waals surface area (Å²) in [5, 5.41) is 7.14. The van der Waals surface area contributed by atoms with Gasteiger partial charge in [0.15, 0.2) is 0 Å². The number of carbonyl (C=O) groups is 2. The van der Waals surface area contributed by atoms with E-state index in [1.54, 1.807) is 17.9 Å². The number of nitrogens with zero attached hydrogens (tertiary/aromatic N) is 3. The van der Waals surface area contributed by atoms with Crippen LogP contribution in [0.5, 0.6) is 0 Å². The molecule has 0 radical (unpaired) electrons. The van der Waals surface area contributed by atoms with Crippen molar-refractivity contribution < 1.29 is 9.59 Å². The summed E-state index contributed by atoms with van der Waals surface area (Å²) >= 11 is 0. The zero-order chi connectivity index (χ0) is 19.2. The maximum atomic E-state index is 12.5. The lowest BCUT2D eigenvalue weighted by molar-refractivity contribution is -0.132. The molecule has 1 saturated heterocycles. The maximum Gasteiger partial charge on any atom is 0.254 e. The van der Waals surface area contributed by atoms with Gasteiger partial charge in [0.2, 0.25) is 5.91 Å². The molecule has 0 unspecified atom stereocenters. The molecule has 1 fully saturated rings. The minimum atomic E-state index is -0.0911. The predicted molar refractivity (Wildman–Crippen MR) is 104 cm³/mol. The van der Waals surface area contributed by atoms with E-state index in [0.29, 0.717) is 17.9 Å². The van der Waals surface area contributed by atoms with E-state index in [2.05, 4.69) is 22.5 Å². The van der Waals surface area contributed by atoms with Crippen LogP contribution in [0.2, 0.25) is 0 Å². The van der Waals surface area contributed by atoms with E-state index >= 15 is 0 Å². The molecule has 0 atom stereocenters. The molecular formula is C21H28N4O2. The van der Waals surface area contributed by atoms with Gasteiger partial charge in [-0.15, -0.1) is 0 Å². The van der Waals surface area contributed by atoms with Gasteiger partial charge in [-0.2, -0.15) is 5.10 Å². The van der Waals surface area contributed by atoms with E-state index < -0.39 is 0 Å². The lowest BCUT2D eigenvalue weighted by Gasteiger charge is -2.32. The summed E-state index contributed by atoms with van der Waals surface area (Å²) in [7, 11) is 3.47. The third kappa shape index (κ3) is 4.96. The second-order valence-corrected chi connectivity index (χ2v) is 7.26. The predicted octanol–water partition coefficient (Wildman–Crippen LogP) is 2.19. The third-order valence-corrected chi connectivity index (χ3v) is 5.30. The highest BCUT2D eigenvalue weighted by molar-refractivity contribution is 5.94. The van der Waals surface area contributed by atoms with Gasteiger partial charge in [0.05, 0.1) is 11.3 Å². The van der Waals surface area contributed by atoms with Crippen LogP contribution in [0.3, 0.4) is 0 Å². The minimum absolute atomic E-state index is 0.0911. The summed E-state index contributed by atoms with van der Waals surface area (Å²) in [5.74, 6) is 0.606. The SMILES string of the molecule is CNC(=O)c1cn(C)nc1CC1CCN(C(=O)CCc2ccccc2)CC1. The summed E-state index contributed by atoms with van der Waals surface area (Å²) in [6, 6.07) is 10.1. The van der Waals surface area contributed by atoms with E-state index in [9.17, 15) is 9.59 Å². The number of benzene rings is 1. The van der Waals surface area contributed by atoms with Crippen LogP contribution in [0.1, 0.15) is 40.9 Å². The van der Waals surface area contributed by atoms with Crippen LogP contribution in [0.25, 0.3) is 0 Å². The monoisotopic (exact) mass is 368 g/mol. The third-order valence-electron chi connectivity index (χ3n) is 5.30. The van der Waals surface area contributed by atoms with Crippen molar-refractivity contribution in [1.82, 2.24) is 20.0 Å². The molecular weight excluding hydrogens is 340 g/mol. The topological polar surface area (TPSA) is 67.2 Å². The molecule has 0 spiro atoms. The lowest BCUT2D eigenvalue weighted by Crippen LogP contribution is -2.39. The molecule has 0 saturated carbocycles. The van der Waals surface area contributed by atoms with E-state index in [4.69, 9.17) is 0 Å². The molecule has 1 aromatic carbocycles. The van der Waals surface area contributed by atoms with Gasteiger partial charge in [0, 0.05) is 39.8 Å². The fourth-order valence-electron chi connectivity index (χ4n) is 3.72. The highest BCUT2D eigenvalue weighted by Gasteiger charge is 2.25. The zero-order valence-electron chi connectivity index (χ0n) is 16.1. The van der Waals surface area contributed by atoms with Crippen molar-refractivity contribution in [3.8, 4) is 0 Å². The average Bonchev–Trinajstić information content (AvgIpc) is 3.07. The van der Waals surface area contributed by atoms with E-state index in [0.717, 1.165) is 44.5 Å². The largest absolute Gasteiger partial charge is 0.355 e. The van der Waals surface area contributed by atoms with Crippen LogP contribution in [-0.4, -0.2) is 46.6 Å². The van der Waals surface area contributed by atoms with Gasteiger partial charge < -0.3 is 10.2 Å². The first-order valence-electron chi connectivity index (χ1n) is 9.63. The molecule has 0 bridgehead atoms. The van der Waals surface area contributed by atoms with Gasteiger partial charge in [-0.1, -0.05) is 30.3 Å². The number of nitrogens with one attached hydrogen (secondary N) is 1. The molecule has 1 aliphatic rings. The Morgan fingerprint density at radius 3 is 2.56 bits per heavy atom. The number of aryl methyl sites for hydroxylation is 2. The van der Waals surface area contributed by atoms with Crippen molar-refractivity contribution in [3.05, 3.63) is 53.3 Å². The van der Waals surface area contributed by atoms with Crippen LogP contribution in [-0.2, 0) is 24.7 Å². The fraction of sp³-hybridized carbons (Fsp3) is 0.476. The molecule has 0 aliphatic carbocycles. The smallest absolute Gasteiger partial charge is 0.254 e. The Bertz CT molecular complexity index is 777. The molecule has 2 aromatic rings. The van der Waals surface area contributed by atoms with Crippen molar-refractivity contribution in [2.24, 2.45) is 13.0 Å². The van der Waals surface area contributed by atoms with Crippen molar-refractivity contribution in [3.63, 3.8) is 0 Å². The minimum Gasteiger partial charge on any atom is -0.355 e. The number of likely N-dealkylation sites (tertiary alicyclic amines) is 1. The molecule has 27 heavy (non-hydrogen) atoms. The van der Waals surface area contributed by atoms with Crippen molar-refractivity contribution >= 4 is 11.8 Å². The standard InChI is InChI=1S/C21H28N4O2/c1-22-21(27)18-15-24(2)23-19(18)14-17-10-12-25(13-11-17)20(26)9-8-16-6-4-3-5-7-16/h3-7,15,17H,8-14H2,1-2H3,(H,22,27). The second kappa shape index (κ2) is 8.84. The molecule has 2 amide bonds. The van der Waals surface area contributed by atoms with Gasteiger partial charge in [-0.3, -0.25) is 14.3 Å². The zero-order valence-corrected chi connectivity index (χ0v) is 16.1. The molecule has 6 heteroatoms. The second-order valence-electron chi connectivity index (χ2n) is 7.26. The number of rotatable bonds is 6. The van der Waals surface area contributed by atoms with Crippen LogP contribution in [0.4, 0.5) is 0 Å². The Hall–Kier alpha value is -2.63. The quantitative estimate of drug-likeness (QED) is 0.850. The van der Waals surface area contributed by atoms with Gasteiger partial charge in [-0.25, -0.2) is 0 Å². The highest BCUT2D eigenvalue weighted by Crippen LogP contribution is 2.23. The molecule has 3 rings (SSSR count). The molecule has 1 N–H and O–H groups in total. The van der Waals surface area contributed by atoms with Crippen molar-refractivity contribution in [2.75, 3.05) is 20.1 Å². The van der Waals surface area contributed by atoms with Crippen LogP contribution in [0.15, 0.2) is 36.5 Å². The number of hydrogen-bond acceptors (Lipinski definition) is 3. The number of aromatic nitrogens is 2. The molecule has 1 aromatic heterocycles. The Kier molecular flexibility index (Phi) is 6.27. The van der Waals surface area contributed by atoms with Gasteiger partial charge in [-0.05, 0) is 37.2 Å². The van der Waals surface area contributed by atoms with Gasteiger partial charge >= 0.3 is 0 Å². The lowest BCUT2D eigenvalue weighted by atomic mass is 9.91. The van der Waals surface area contributed by atoms with Gasteiger partial charge in [0.25, 0.3) is 5.91 Å². The van der Waals surface area contributed by atoms with Crippen LogP contribution >= 0.6 is 0 Å². The summed E-state index contributed by atoms with van der Waals surface area (Å²) in [6.45, 7) is 1.58. The normalized spacial score (nSPS) is 15.0. The Morgan fingerprint density at radius 1 is 1.19 bits per heavy atom. The number of hydrogen-bond donors (Lipinski definition) is 1. The van der Waals surface area contributed by atoms with Gasteiger partial charge in [0.1, 0.15) is 0 Å². The van der Waals surface area contributed by atoms with Crippen molar-refractivity contribution in [1.29, 1.82) is 0 Å². The van der Waals surface area contributed by atoms with E-state index in [1.807, 2.05) is 30.1 Å². The summed E-state index contributed by atoms with van der Waals surface area (Å²) in [4.78, 5) is 26.5. The van der Waals surface area contributed by atoms with E-state index in [1.165, 1.54) is 5.56 Å². The molecule has 1 aliphatic heterocycles. The summed E-state index contributed by atoms with van der Waals surface area (Å²) in [6.07, 6.45) is 5.84. The first-order chi connectivity index (χ1) is 13.1. The fourth-order valence-corrected chi connectivity index (χ4v) is 3.72. The molecule has 2 heterocycles. The number of carbonyl (C=O) groups excluding carboxylic acids is 2. The van der Waals surface area contributed by atoms with Crippen molar-refractivity contribution in [2.45, 2.75) is 32.1 Å². The average molecular weight is 368 g/mol. The first-order valence-corrected chi connectivity index (χ1v) is 9.63. The Balaban J connectivity index is 1.49. The highest BCUT2D eigenvalue weighted by atomic mass is 16.2. The van der Waals surface area contributed by atoms with Crippen LogP contribution < -0.4 is 5.32 Å². The summed E-state index contributed by atoms with van der Waals surface area (Å²) in [5.41, 5.74) is 2.71. The number of amides is 2. The van der Waals surface area contributed by atoms with E-state index in [-0.39, 0.29) is 11.8 Å². The number of piperidine rings is 1. The molecule has 144 valence electrons. The Morgan fingerprint density at radius 2 is 1.89 bits per heavy atom. The maximum absolute atomic E-state index is 12.5.